The van der Waals surface area contributed by atoms with Gasteiger partial charge in [-0.2, -0.15) is 5.26 Å². The molecule has 0 fully saturated rings. The summed E-state index contributed by atoms with van der Waals surface area (Å²) in [7, 11) is 1.87. The molecule has 2 aromatic carbocycles. The first kappa shape index (κ1) is 12.9. The molecule has 0 aliphatic heterocycles. The molecule has 0 atom stereocenters. The third kappa shape index (κ3) is 2.49. The van der Waals surface area contributed by atoms with Gasteiger partial charge in [-0.3, -0.25) is 4.98 Å². The van der Waals surface area contributed by atoms with Crippen molar-refractivity contribution in [3.63, 3.8) is 0 Å². The van der Waals surface area contributed by atoms with E-state index in [1.807, 2.05) is 55.6 Å². The van der Waals surface area contributed by atoms with Crippen molar-refractivity contribution in [2.45, 2.75) is 0 Å². The van der Waals surface area contributed by atoms with Crippen molar-refractivity contribution in [1.29, 1.82) is 5.26 Å². The standard InChI is InChI=1S/C17H14N4/c1-19-14-7-8-16-15(9-14)17(12(10-18)11-20-16)21-13-5-3-2-4-6-13/h2-9,11,19H,1H3,(H,20,21). The zero-order valence-electron chi connectivity index (χ0n) is 11.6. The number of hydrogen-bond acceptors (Lipinski definition) is 4. The van der Waals surface area contributed by atoms with Crippen LogP contribution >= 0.6 is 0 Å². The van der Waals surface area contributed by atoms with Crippen LogP contribution < -0.4 is 10.6 Å². The molecule has 0 aliphatic carbocycles. The van der Waals surface area contributed by atoms with E-state index in [-0.39, 0.29) is 0 Å². The zero-order chi connectivity index (χ0) is 14.7. The fraction of sp³-hybridized carbons (Fsp3) is 0.0588. The molecule has 3 aromatic rings. The Hall–Kier alpha value is -3.06. The molecule has 21 heavy (non-hydrogen) atoms. The second-order valence-electron chi connectivity index (χ2n) is 4.63. The third-order valence-electron chi connectivity index (χ3n) is 3.32. The summed E-state index contributed by atoms with van der Waals surface area (Å²) < 4.78 is 0. The Labute approximate surface area is 123 Å². The number of benzene rings is 2. The van der Waals surface area contributed by atoms with Gasteiger partial charge in [-0.25, -0.2) is 0 Å². The normalized spacial score (nSPS) is 10.1. The second-order valence-corrected chi connectivity index (χ2v) is 4.63. The Bertz CT molecular complexity index is 819. The van der Waals surface area contributed by atoms with Gasteiger partial charge in [0, 0.05) is 30.0 Å². The maximum atomic E-state index is 9.34. The van der Waals surface area contributed by atoms with Gasteiger partial charge in [0.25, 0.3) is 0 Å². The van der Waals surface area contributed by atoms with Gasteiger partial charge >= 0.3 is 0 Å². The second kappa shape index (κ2) is 5.51. The van der Waals surface area contributed by atoms with Crippen molar-refractivity contribution in [1.82, 2.24) is 4.98 Å². The van der Waals surface area contributed by atoms with E-state index < -0.39 is 0 Å². The highest BCUT2D eigenvalue weighted by atomic mass is 14.9. The molecular weight excluding hydrogens is 260 g/mol. The molecule has 2 N–H and O–H groups in total. The van der Waals surface area contributed by atoms with Crippen LogP contribution in [0.3, 0.4) is 0 Å². The molecule has 0 amide bonds. The Morgan fingerprint density at radius 3 is 2.57 bits per heavy atom. The number of anilines is 3. The summed E-state index contributed by atoms with van der Waals surface area (Å²) in [6, 6.07) is 17.9. The van der Waals surface area contributed by atoms with E-state index in [2.05, 4.69) is 21.7 Å². The maximum absolute atomic E-state index is 9.34. The number of nitriles is 1. The smallest absolute Gasteiger partial charge is 0.103 e. The van der Waals surface area contributed by atoms with Crippen molar-refractivity contribution in [3.8, 4) is 6.07 Å². The van der Waals surface area contributed by atoms with Crippen molar-refractivity contribution in [3.05, 3.63) is 60.3 Å². The molecule has 0 saturated heterocycles. The summed E-state index contributed by atoms with van der Waals surface area (Å²) in [5, 5.41) is 16.7. The van der Waals surface area contributed by atoms with E-state index >= 15 is 0 Å². The van der Waals surface area contributed by atoms with Crippen LogP contribution in [-0.4, -0.2) is 12.0 Å². The Morgan fingerprint density at radius 2 is 1.86 bits per heavy atom. The number of nitrogens with one attached hydrogen (secondary N) is 2. The minimum Gasteiger partial charge on any atom is -0.388 e. The van der Waals surface area contributed by atoms with Crippen molar-refractivity contribution >= 4 is 28.0 Å². The monoisotopic (exact) mass is 274 g/mol. The van der Waals surface area contributed by atoms with E-state index in [0.29, 0.717) is 5.56 Å². The van der Waals surface area contributed by atoms with Gasteiger partial charge in [-0.15, -0.1) is 0 Å². The zero-order valence-corrected chi connectivity index (χ0v) is 11.6. The van der Waals surface area contributed by atoms with Gasteiger partial charge in [0.15, 0.2) is 0 Å². The summed E-state index contributed by atoms with van der Waals surface area (Å²) in [4.78, 5) is 4.34. The Morgan fingerprint density at radius 1 is 1.05 bits per heavy atom. The molecule has 1 heterocycles. The largest absolute Gasteiger partial charge is 0.388 e. The van der Waals surface area contributed by atoms with Gasteiger partial charge in [0.05, 0.1) is 16.8 Å². The SMILES string of the molecule is CNc1ccc2ncc(C#N)c(Nc3ccccc3)c2c1. The van der Waals surface area contributed by atoms with Gasteiger partial charge in [-0.1, -0.05) is 18.2 Å². The molecule has 0 spiro atoms. The molecule has 0 radical (unpaired) electrons. The van der Waals surface area contributed by atoms with Crippen molar-refractivity contribution in [2.75, 3.05) is 17.7 Å². The van der Waals surface area contributed by atoms with Crippen LogP contribution in [0, 0.1) is 11.3 Å². The van der Waals surface area contributed by atoms with Crippen LogP contribution in [0.2, 0.25) is 0 Å². The summed E-state index contributed by atoms with van der Waals surface area (Å²) >= 11 is 0. The summed E-state index contributed by atoms with van der Waals surface area (Å²) in [5.41, 5.74) is 4.09. The fourth-order valence-corrected chi connectivity index (χ4v) is 2.23. The maximum Gasteiger partial charge on any atom is 0.103 e. The summed E-state index contributed by atoms with van der Waals surface area (Å²) in [6.07, 6.45) is 1.60. The van der Waals surface area contributed by atoms with E-state index in [4.69, 9.17) is 0 Å². The van der Waals surface area contributed by atoms with Crippen molar-refractivity contribution < 1.29 is 0 Å². The van der Waals surface area contributed by atoms with Crippen LogP contribution in [0.1, 0.15) is 5.56 Å². The molecular formula is C17H14N4. The average molecular weight is 274 g/mol. The van der Waals surface area contributed by atoms with E-state index in [0.717, 1.165) is 28.0 Å². The van der Waals surface area contributed by atoms with E-state index in [9.17, 15) is 5.26 Å². The summed E-state index contributed by atoms with van der Waals surface area (Å²) in [6.45, 7) is 0. The number of pyridine rings is 1. The number of fused-ring (bicyclic) bond motifs is 1. The first-order chi connectivity index (χ1) is 10.3. The van der Waals surface area contributed by atoms with Crippen LogP contribution in [-0.2, 0) is 0 Å². The number of para-hydroxylation sites is 1. The lowest BCUT2D eigenvalue weighted by atomic mass is 10.1. The first-order valence-corrected chi connectivity index (χ1v) is 6.64. The quantitative estimate of drug-likeness (QED) is 0.760. The number of rotatable bonds is 3. The van der Waals surface area contributed by atoms with Crippen LogP contribution in [0.15, 0.2) is 54.7 Å². The Balaban J connectivity index is 2.20. The molecule has 4 heteroatoms. The minimum atomic E-state index is 0.527. The molecule has 1 aromatic heterocycles. The average Bonchev–Trinajstić information content (AvgIpc) is 2.55. The van der Waals surface area contributed by atoms with Crippen LogP contribution in [0.25, 0.3) is 10.9 Å². The predicted molar refractivity (Wildman–Crippen MR) is 85.7 cm³/mol. The van der Waals surface area contributed by atoms with Crippen LogP contribution in [0.4, 0.5) is 17.1 Å². The van der Waals surface area contributed by atoms with Gasteiger partial charge in [-0.05, 0) is 30.3 Å². The molecule has 0 bridgehead atoms. The predicted octanol–water partition coefficient (Wildman–Crippen LogP) is 3.89. The molecule has 4 nitrogen and oxygen atoms in total. The summed E-state index contributed by atoms with van der Waals surface area (Å²) in [5.74, 6) is 0. The first-order valence-electron chi connectivity index (χ1n) is 6.64. The lowest BCUT2D eigenvalue weighted by Gasteiger charge is -2.12. The third-order valence-corrected chi connectivity index (χ3v) is 3.32. The van der Waals surface area contributed by atoms with Crippen molar-refractivity contribution in [2.24, 2.45) is 0 Å². The lowest BCUT2D eigenvalue weighted by Crippen LogP contribution is -1.97. The Kier molecular flexibility index (Phi) is 3.40. The van der Waals surface area contributed by atoms with Gasteiger partial charge in [0.1, 0.15) is 6.07 Å². The molecule has 0 aliphatic rings. The topological polar surface area (TPSA) is 60.7 Å². The highest BCUT2D eigenvalue weighted by Gasteiger charge is 2.09. The minimum absolute atomic E-state index is 0.527. The number of nitrogens with zero attached hydrogens (tertiary/aromatic N) is 2. The fourth-order valence-electron chi connectivity index (χ4n) is 2.23. The van der Waals surface area contributed by atoms with Gasteiger partial charge in [0.2, 0.25) is 0 Å². The van der Waals surface area contributed by atoms with Crippen LogP contribution in [0.5, 0.6) is 0 Å². The molecule has 0 unspecified atom stereocenters. The molecule has 3 rings (SSSR count). The highest BCUT2D eigenvalue weighted by Crippen LogP contribution is 2.30. The molecule has 102 valence electrons. The number of hydrogen-bond donors (Lipinski definition) is 2. The lowest BCUT2D eigenvalue weighted by molar-refractivity contribution is 1.36. The molecule has 0 saturated carbocycles. The van der Waals surface area contributed by atoms with E-state index in [1.165, 1.54) is 0 Å². The number of aromatic nitrogens is 1. The van der Waals surface area contributed by atoms with Gasteiger partial charge < -0.3 is 10.6 Å². The highest BCUT2D eigenvalue weighted by molar-refractivity contribution is 5.97. The van der Waals surface area contributed by atoms with E-state index in [1.54, 1.807) is 6.20 Å².